The highest BCUT2D eigenvalue weighted by Crippen LogP contribution is 2.24. The third-order valence-corrected chi connectivity index (χ3v) is 6.10. The number of Topliss-reactive ketones (excluding diaryl/α,β-unsaturated/α-hetero) is 1. The van der Waals surface area contributed by atoms with E-state index in [4.69, 9.17) is 5.73 Å². The van der Waals surface area contributed by atoms with Crippen molar-refractivity contribution < 1.29 is 4.79 Å². The first-order valence-corrected chi connectivity index (χ1v) is 10.9. The van der Waals surface area contributed by atoms with Crippen molar-refractivity contribution in [2.75, 3.05) is 43.4 Å². The van der Waals surface area contributed by atoms with Crippen LogP contribution in [0.4, 0.5) is 11.5 Å². The van der Waals surface area contributed by atoms with Gasteiger partial charge in [0.1, 0.15) is 5.82 Å². The summed E-state index contributed by atoms with van der Waals surface area (Å²) in [4.78, 5) is 21.2. The van der Waals surface area contributed by atoms with E-state index in [1.54, 1.807) is 6.92 Å². The summed E-state index contributed by atoms with van der Waals surface area (Å²) >= 11 is 0. The van der Waals surface area contributed by atoms with Gasteiger partial charge in [-0.25, -0.2) is 4.98 Å². The summed E-state index contributed by atoms with van der Waals surface area (Å²) in [5.74, 6) is 0.676. The third-order valence-electron chi connectivity index (χ3n) is 6.10. The smallest absolute Gasteiger partial charge is 0.161 e. The molecule has 1 saturated heterocycles. The molecule has 0 radical (unpaired) electrons. The van der Waals surface area contributed by atoms with Crippen LogP contribution >= 0.6 is 0 Å². The fourth-order valence-electron chi connectivity index (χ4n) is 4.29. The number of anilines is 2. The molecule has 1 aliphatic rings. The molecule has 0 bridgehead atoms. The van der Waals surface area contributed by atoms with Gasteiger partial charge in [-0.15, -0.1) is 0 Å². The quantitative estimate of drug-likeness (QED) is 0.613. The van der Waals surface area contributed by atoms with Gasteiger partial charge in [0.2, 0.25) is 0 Å². The molecule has 3 aromatic rings. The molecule has 2 N–H and O–H groups in total. The second-order valence-electron chi connectivity index (χ2n) is 8.24. The molecule has 4 rings (SSSR count). The van der Waals surface area contributed by atoms with Gasteiger partial charge in [-0.2, -0.15) is 0 Å². The number of nitrogens with zero attached hydrogens (tertiary/aromatic N) is 3. The Morgan fingerprint density at radius 1 is 1.00 bits per heavy atom. The standard InChI is InChI=1S/C26H30N4O/c1-19-18-22(24-7-5-9-26(27)28-24)11-10-21(19)12-13-29-14-16-30(17-15-29)25-8-4-3-6-23(25)20(2)31/h3-11,18H,12-17H2,1-2H3,(H2,27,28). The molecule has 0 amide bonds. The number of para-hydroxylation sites is 1. The Morgan fingerprint density at radius 3 is 2.48 bits per heavy atom. The highest BCUT2D eigenvalue weighted by molar-refractivity contribution is 5.99. The number of piperazine rings is 1. The topological polar surface area (TPSA) is 62.5 Å². The van der Waals surface area contributed by atoms with Crippen LogP contribution in [-0.2, 0) is 6.42 Å². The van der Waals surface area contributed by atoms with E-state index in [1.807, 2.05) is 36.4 Å². The molecular weight excluding hydrogens is 384 g/mol. The van der Waals surface area contributed by atoms with Gasteiger partial charge in [0.25, 0.3) is 0 Å². The number of aryl methyl sites for hydroxylation is 1. The Hall–Kier alpha value is -3.18. The van der Waals surface area contributed by atoms with E-state index < -0.39 is 0 Å². The summed E-state index contributed by atoms with van der Waals surface area (Å²) in [6, 6.07) is 20.2. The molecule has 0 saturated carbocycles. The largest absolute Gasteiger partial charge is 0.384 e. The van der Waals surface area contributed by atoms with Crippen LogP contribution in [0.5, 0.6) is 0 Å². The molecule has 1 aromatic heterocycles. The fraction of sp³-hybridized carbons (Fsp3) is 0.308. The van der Waals surface area contributed by atoms with Crippen LogP contribution in [0.2, 0.25) is 0 Å². The van der Waals surface area contributed by atoms with Crippen molar-refractivity contribution in [2.45, 2.75) is 20.3 Å². The second kappa shape index (κ2) is 9.31. The lowest BCUT2D eigenvalue weighted by Gasteiger charge is -2.37. The number of aromatic nitrogens is 1. The molecule has 0 atom stereocenters. The lowest BCUT2D eigenvalue weighted by Crippen LogP contribution is -2.47. The van der Waals surface area contributed by atoms with Crippen LogP contribution in [0.1, 0.15) is 28.4 Å². The summed E-state index contributed by atoms with van der Waals surface area (Å²) in [6.45, 7) is 8.77. The molecule has 1 aliphatic heterocycles. The Bertz CT molecular complexity index is 1070. The van der Waals surface area contributed by atoms with Gasteiger partial charge < -0.3 is 10.6 Å². The Labute approximate surface area is 184 Å². The highest BCUT2D eigenvalue weighted by atomic mass is 16.1. The van der Waals surface area contributed by atoms with E-state index in [9.17, 15) is 4.79 Å². The van der Waals surface area contributed by atoms with Gasteiger partial charge in [0.05, 0.1) is 5.69 Å². The first-order chi connectivity index (χ1) is 15.0. The summed E-state index contributed by atoms with van der Waals surface area (Å²) in [5.41, 5.74) is 12.4. The lowest BCUT2D eigenvalue weighted by atomic mass is 10.0. The zero-order valence-electron chi connectivity index (χ0n) is 18.3. The molecule has 0 unspecified atom stereocenters. The number of hydrogen-bond donors (Lipinski definition) is 1. The van der Waals surface area contributed by atoms with E-state index >= 15 is 0 Å². The molecular formula is C26H30N4O. The van der Waals surface area contributed by atoms with Gasteiger partial charge >= 0.3 is 0 Å². The number of nitrogen functional groups attached to an aromatic ring is 1. The average Bonchev–Trinajstić information content (AvgIpc) is 2.78. The predicted octanol–water partition coefficient (Wildman–Crippen LogP) is 4.21. The summed E-state index contributed by atoms with van der Waals surface area (Å²) in [6.07, 6.45) is 1.03. The third kappa shape index (κ3) is 4.94. The zero-order valence-corrected chi connectivity index (χ0v) is 18.3. The van der Waals surface area contributed by atoms with Crippen molar-refractivity contribution in [2.24, 2.45) is 0 Å². The monoisotopic (exact) mass is 414 g/mol. The first kappa shape index (κ1) is 21.1. The Kier molecular flexibility index (Phi) is 6.33. The number of nitrogens with two attached hydrogens (primary N) is 1. The van der Waals surface area contributed by atoms with Crippen molar-refractivity contribution >= 4 is 17.3 Å². The molecule has 2 aromatic carbocycles. The number of carbonyl (C=O) groups excluding carboxylic acids is 1. The number of rotatable bonds is 6. The van der Waals surface area contributed by atoms with Crippen LogP contribution in [-0.4, -0.2) is 48.4 Å². The van der Waals surface area contributed by atoms with Crippen LogP contribution in [0.25, 0.3) is 11.3 Å². The Balaban J connectivity index is 1.34. The maximum atomic E-state index is 11.9. The van der Waals surface area contributed by atoms with Gasteiger partial charge in [0, 0.05) is 49.5 Å². The predicted molar refractivity (Wildman–Crippen MR) is 128 cm³/mol. The van der Waals surface area contributed by atoms with Gasteiger partial charge in [-0.05, 0) is 61.7 Å². The number of ketones is 1. The molecule has 2 heterocycles. The number of benzene rings is 2. The minimum Gasteiger partial charge on any atom is -0.384 e. The molecule has 5 nitrogen and oxygen atoms in total. The van der Waals surface area contributed by atoms with Gasteiger partial charge in [-0.3, -0.25) is 9.69 Å². The van der Waals surface area contributed by atoms with Gasteiger partial charge in [-0.1, -0.05) is 30.3 Å². The summed E-state index contributed by atoms with van der Waals surface area (Å²) in [5, 5.41) is 0. The van der Waals surface area contributed by atoms with E-state index in [2.05, 4.69) is 46.0 Å². The summed E-state index contributed by atoms with van der Waals surface area (Å²) < 4.78 is 0. The minimum absolute atomic E-state index is 0.130. The fourth-order valence-corrected chi connectivity index (χ4v) is 4.29. The molecule has 1 fully saturated rings. The molecule has 0 aliphatic carbocycles. The van der Waals surface area contributed by atoms with Crippen LogP contribution < -0.4 is 10.6 Å². The Morgan fingerprint density at radius 2 is 1.77 bits per heavy atom. The van der Waals surface area contributed by atoms with Crippen molar-refractivity contribution in [1.82, 2.24) is 9.88 Å². The minimum atomic E-state index is 0.130. The van der Waals surface area contributed by atoms with Crippen molar-refractivity contribution in [3.63, 3.8) is 0 Å². The SMILES string of the molecule is CC(=O)c1ccccc1N1CCN(CCc2ccc(-c3cccc(N)n3)cc2C)CC1. The summed E-state index contributed by atoms with van der Waals surface area (Å²) in [7, 11) is 0. The van der Waals surface area contributed by atoms with E-state index in [0.717, 1.165) is 61.7 Å². The number of carbonyl (C=O) groups is 1. The van der Waals surface area contributed by atoms with E-state index in [-0.39, 0.29) is 5.78 Å². The van der Waals surface area contributed by atoms with Crippen LogP contribution in [0.3, 0.4) is 0 Å². The maximum Gasteiger partial charge on any atom is 0.161 e. The average molecular weight is 415 g/mol. The molecule has 31 heavy (non-hydrogen) atoms. The maximum absolute atomic E-state index is 11.9. The molecule has 160 valence electrons. The van der Waals surface area contributed by atoms with Gasteiger partial charge in [0.15, 0.2) is 5.78 Å². The number of hydrogen-bond acceptors (Lipinski definition) is 5. The lowest BCUT2D eigenvalue weighted by molar-refractivity contribution is 0.101. The number of pyridine rings is 1. The molecule has 5 heteroatoms. The molecule has 0 spiro atoms. The van der Waals surface area contributed by atoms with Crippen LogP contribution in [0, 0.1) is 6.92 Å². The van der Waals surface area contributed by atoms with Crippen LogP contribution in [0.15, 0.2) is 60.7 Å². The van der Waals surface area contributed by atoms with E-state index in [1.165, 1.54) is 11.1 Å². The van der Waals surface area contributed by atoms with Crippen molar-refractivity contribution in [1.29, 1.82) is 0 Å². The normalized spacial score (nSPS) is 14.6. The highest BCUT2D eigenvalue weighted by Gasteiger charge is 2.20. The zero-order chi connectivity index (χ0) is 21.8. The second-order valence-corrected chi connectivity index (χ2v) is 8.24. The first-order valence-electron chi connectivity index (χ1n) is 10.9. The van der Waals surface area contributed by atoms with Crippen molar-refractivity contribution in [3.8, 4) is 11.3 Å². The van der Waals surface area contributed by atoms with Crippen molar-refractivity contribution in [3.05, 3.63) is 77.4 Å². The van der Waals surface area contributed by atoms with E-state index in [0.29, 0.717) is 5.82 Å².